The number of rotatable bonds is 6. The molecule has 1 aromatic rings. The van der Waals surface area contributed by atoms with Gasteiger partial charge in [0, 0.05) is 26.2 Å². The van der Waals surface area contributed by atoms with Gasteiger partial charge in [0.2, 0.25) is 0 Å². The molecule has 1 fully saturated rings. The SMILES string of the molecule is CCNc1cccc(CN(C)CC2CCCO2)n1. The number of hydrogen-bond acceptors (Lipinski definition) is 4. The molecule has 0 aromatic carbocycles. The fourth-order valence-corrected chi connectivity index (χ4v) is 2.32. The van der Waals surface area contributed by atoms with Crippen molar-refractivity contribution in [3.8, 4) is 0 Å². The molecule has 0 bridgehead atoms. The third-order valence-electron chi connectivity index (χ3n) is 3.14. The van der Waals surface area contributed by atoms with Gasteiger partial charge in [-0.05, 0) is 38.9 Å². The van der Waals surface area contributed by atoms with Crippen molar-refractivity contribution in [2.45, 2.75) is 32.4 Å². The molecule has 0 aliphatic carbocycles. The lowest BCUT2D eigenvalue weighted by molar-refractivity contribution is 0.0790. The molecule has 1 unspecified atom stereocenters. The average Bonchev–Trinajstić information content (AvgIpc) is 2.82. The minimum atomic E-state index is 0.409. The molecule has 4 nitrogen and oxygen atoms in total. The summed E-state index contributed by atoms with van der Waals surface area (Å²) in [5, 5.41) is 3.24. The summed E-state index contributed by atoms with van der Waals surface area (Å²) in [7, 11) is 2.13. The van der Waals surface area contributed by atoms with E-state index in [-0.39, 0.29) is 0 Å². The smallest absolute Gasteiger partial charge is 0.126 e. The van der Waals surface area contributed by atoms with Crippen LogP contribution in [0.25, 0.3) is 0 Å². The van der Waals surface area contributed by atoms with Gasteiger partial charge >= 0.3 is 0 Å². The molecule has 0 saturated carbocycles. The highest BCUT2D eigenvalue weighted by Crippen LogP contribution is 2.14. The molecule has 1 aliphatic heterocycles. The zero-order valence-corrected chi connectivity index (χ0v) is 11.4. The molecule has 100 valence electrons. The van der Waals surface area contributed by atoms with Crippen molar-refractivity contribution >= 4 is 5.82 Å². The molecule has 18 heavy (non-hydrogen) atoms. The van der Waals surface area contributed by atoms with Crippen LogP contribution in [0.3, 0.4) is 0 Å². The van der Waals surface area contributed by atoms with Gasteiger partial charge in [-0.15, -0.1) is 0 Å². The van der Waals surface area contributed by atoms with Gasteiger partial charge in [0.25, 0.3) is 0 Å². The van der Waals surface area contributed by atoms with Crippen molar-refractivity contribution < 1.29 is 4.74 Å². The summed E-state index contributed by atoms with van der Waals surface area (Å²) >= 11 is 0. The molecular weight excluding hydrogens is 226 g/mol. The van der Waals surface area contributed by atoms with E-state index >= 15 is 0 Å². The Hall–Kier alpha value is -1.13. The molecule has 2 rings (SSSR count). The van der Waals surface area contributed by atoms with Crippen LogP contribution < -0.4 is 5.32 Å². The van der Waals surface area contributed by atoms with Crippen LogP contribution in [0.1, 0.15) is 25.5 Å². The van der Waals surface area contributed by atoms with Gasteiger partial charge in [0.15, 0.2) is 0 Å². The second-order valence-corrected chi connectivity index (χ2v) is 4.88. The normalized spacial score (nSPS) is 19.4. The second-order valence-electron chi connectivity index (χ2n) is 4.88. The Labute approximate surface area is 109 Å². The number of hydrogen-bond donors (Lipinski definition) is 1. The van der Waals surface area contributed by atoms with E-state index in [0.29, 0.717) is 6.10 Å². The number of likely N-dealkylation sites (N-methyl/N-ethyl adjacent to an activating group) is 1. The third-order valence-corrected chi connectivity index (χ3v) is 3.14. The van der Waals surface area contributed by atoms with E-state index in [1.54, 1.807) is 0 Å². The summed E-state index contributed by atoms with van der Waals surface area (Å²) in [4.78, 5) is 6.87. The van der Waals surface area contributed by atoms with Crippen LogP contribution in [0.15, 0.2) is 18.2 Å². The van der Waals surface area contributed by atoms with E-state index in [2.05, 4.69) is 41.3 Å². The van der Waals surface area contributed by atoms with Crippen molar-refractivity contribution in [2.75, 3.05) is 32.1 Å². The lowest BCUT2D eigenvalue weighted by Gasteiger charge is -2.20. The minimum Gasteiger partial charge on any atom is -0.377 e. The summed E-state index contributed by atoms with van der Waals surface area (Å²) < 4.78 is 5.65. The maximum absolute atomic E-state index is 5.65. The molecule has 1 N–H and O–H groups in total. The highest BCUT2D eigenvalue weighted by molar-refractivity contribution is 5.34. The lowest BCUT2D eigenvalue weighted by Crippen LogP contribution is -2.28. The Balaban J connectivity index is 1.85. The molecule has 1 aromatic heterocycles. The molecule has 1 atom stereocenters. The molecule has 1 aliphatic rings. The van der Waals surface area contributed by atoms with Crippen LogP contribution >= 0.6 is 0 Å². The van der Waals surface area contributed by atoms with Crippen molar-refractivity contribution in [2.24, 2.45) is 0 Å². The quantitative estimate of drug-likeness (QED) is 0.838. The number of nitrogens with zero attached hydrogens (tertiary/aromatic N) is 2. The van der Waals surface area contributed by atoms with E-state index in [1.807, 2.05) is 6.07 Å². The molecule has 1 saturated heterocycles. The van der Waals surface area contributed by atoms with Crippen LogP contribution in [-0.4, -0.2) is 42.7 Å². The minimum absolute atomic E-state index is 0.409. The predicted octanol–water partition coefficient (Wildman–Crippen LogP) is 2.12. The number of nitrogens with one attached hydrogen (secondary N) is 1. The Morgan fingerprint density at radius 2 is 2.39 bits per heavy atom. The fraction of sp³-hybridized carbons (Fsp3) is 0.643. The molecule has 4 heteroatoms. The number of anilines is 1. The first kappa shape index (κ1) is 13.3. The second kappa shape index (κ2) is 6.71. The Kier molecular flexibility index (Phi) is 4.96. The maximum atomic E-state index is 5.65. The molecule has 0 amide bonds. The van der Waals surface area contributed by atoms with E-state index in [0.717, 1.165) is 37.8 Å². The van der Waals surface area contributed by atoms with Crippen LogP contribution in [0.5, 0.6) is 0 Å². The molecule has 0 radical (unpaired) electrons. The van der Waals surface area contributed by atoms with Crippen molar-refractivity contribution in [1.82, 2.24) is 9.88 Å². The Morgan fingerprint density at radius 3 is 3.11 bits per heavy atom. The van der Waals surface area contributed by atoms with Gasteiger partial charge in [-0.3, -0.25) is 4.90 Å². The number of ether oxygens (including phenoxy) is 1. The fourth-order valence-electron chi connectivity index (χ4n) is 2.32. The first-order valence-corrected chi connectivity index (χ1v) is 6.78. The van der Waals surface area contributed by atoms with Crippen molar-refractivity contribution in [1.29, 1.82) is 0 Å². The van der Waals surface area contributed by atoms with Gasteiger partial charge in [-0.25, -0.2) is 4.98 Å². The van der Waals surface area contributed by atoms with E-state index in [9.17, 15) is 0 Å². The summed E-state index contributed by atoms with van der Waals surface area (Å²) in [5.74, 6) is 0.959. The van der Waals surface area contributed by atoms with E-state index in [1.165, 1.54) is 12.8 Å². The van der Waals surface area contributed by atoms with Crippen molar-refractivity contribution in [3.05, 3.63) is 23.9 Å². The molecule has 2 heterocycles. The van der Waals surface area contributed by atoms with Crippen LogP contribution in [0.4, 0.5) is 5.82 Å². The highest BCUT2D eigenvalue weighted by Gasteiger charge is 2.17. The standard InChI is InChI=1S/C14H23N3O/c1-3-15-14-8-4-6-12(16-14)10-17(2)11-13-7-5-9-18-13/h4,6,8,13H,3,5,7,9-11H2,1-2H3,(H,15,16). The van der Waals surface area contributed by atoms with Crippen LogP contribution in [0.2, 0.25) is 0 Å². The monoisotopic (exact) mass is 249 g/mol. The van der Waals surface area contributed by atoms with Gasteiger partial charge < -0.3 is 10.1 Å². The number of pyridine rings is 1. The lowest BCUT2D eigenvalue weighted by atomic mass is 10.2. The zero-order chi connectivity index (χ0) is 12.8. The average molecular weight is 249 g/mol. The summed E-state index contributed by atoms with van der Waals surface area (Å²) in [5.41, 5.74) is 1.11. The van der Waals surface area contributed by atoms with Gasteiger partial charge in [-0.2, -0.15) is 0 Å². The van der Waals surface area contributed by atoms with E-state index in [4.69, 9.17) is 4.74 Å². The molecular formula is C14H23N3O. The van der Waals surface area contributed by atoms with Crippen molar-refractivity contribution in [3.63, 3.8) is 0 Å². The Morgan fingerprint density at radius 1 is 1.50 bits per heavy atom. The topological polar surface area (TPSA) is 37.4 Å². The van der Waals surface area contributed by atoms with Crippen LogP contribution in [0, 0.1) is 0 Å². The molecule has 0 spiro atoms. The largest absolute Gasteiger partial charge is 0.377 e. The summed E-state index contributed by atoms with van der Waals surface area (Å²) in [6.07, 6.45) is 2.80. The summed E-state index contributed by atoms with van der Waals surface area (Å²) in [6, 6.07) is 6.14. The maximum Gasteiger partial charge on any atom is 0.126 e. The Bertz CT molecular complexity index is 364. The van der Waals surface area contributed by atoms with Gasteiger partial charge in [0.1, 0.15) is 5.82 Å². The van der Waals surface area contributed by atoms with Gasteiger partial charge in [-0.1, -0.05) is 6.07 Å². The zero-order valence-electron chi connectivity index (χ0n) is 11.4. The predicted molar refractivity (Wildman–Crippen MR) is 73.7 cm³/mol. The van der Waals surface area contributed by atoms with Crippen LogP contribution in [-0.2, 0) is 11.3 Å². The van der Waals surface area contributed by atoms with E-state index < -0.39 is 0 Å². The summed E-state index contributed by atoms with van der Waals surface area (Å²) in [6.45, 7) is 5.78. The van der Waals surface area contributed by atoms with Gasteiger partial charge in [0.05, 0.1) is 11.8 Å². The first-order chi connectivity index (χ1) is 8.78. The first-order valence-electron chi connectivity index (χ1n) is 6.78. The third kappa shape index (κ3) is 3.96. The number of aromatic nitrogens is 1. The highest BCUT2D eigenvalue weighted by atomic mass is 16.5.